The Bertz CT molecular complexity index is 1270. The normalized spacial score (nSPS) is 12.5. The van der Waals surface area contributed by atoms with Crippen LogP contribution in [0.4, 0.5) is 0 Å². The fraction of sp³-hybridized carbons (Fsp3) is 0.400. The summed E-state index contributed by atoms with van der Waals surface area (Å²) in [5.41, 5.74) is 6.96. The minimum Gasteiger partial charge on any atom is -0.487 e. The van der Waals surface area contributed by atoms with E-state index in [0.29, 0.717) is 35.8 Å². The third-order valence-corrected chi connectivity index (χ3v) is 8.58. The van der Waals surface area contributed by atoms with E-state index in [0.717, 1.165) is 23.0 Å². The molecular formula is C25H31Cl2N3O3S. The second kappa shape index (κ2) is 10.8. The molecule has 6 nitrogen and oxygen atoms in total. The molecule has 0 aliphatic rings. The average Bonchev–Trinajstić information content (AvgIpc) is 2.75. The van der Waals surface area contributed by atoms with Gasteiger partial charge in [0.05, 0.1) is 5.02 Å². The van der Waals surface area contributed by atoms with Crippen LogP contribution in [0.25, 0.3) is 10.9 Å². The molecule has 3 aromatic rings. The van der Waals surface area contributed by atoms with Gasteiger partial charge in [-0.15, -0.1) is 0 Å². The zero-order valence-corrected chi connectivity index (χ0v) is 22.3. The van der Waals surface area contributed by atoms with Crippen LogP contribution in [0, 0.1) is 6.92 Å². The number of unbranched alkanes of at least 4 members (excludes halogenated alkanes) is 1. The molecule has 0 atom stereocenters. The van der Waals surface area contributed by atoms with E-state index in [2.05, 4.69) is 4.98 Å². The molecule has 0 unspecified atom stereocenters. The van der Waals surface area contributed by atoms with Crippen molar-refractivity contribution >= 4 is 44.1 Å². The molecule has 0 aliphatic heterocycles. The van der Waals surface area contributed by atoms with Crippen molar-refractivity contribution in [1.82, 2.24) is 9.29 Å². The van der Waals surface area contributed by atoms with Crippen LogP contribution in [-0.4, -0.2) is 36.3 Å². The third kappa shape index (κ3) is 5.83. The molecule has 184 valence electrons. The summed E-state index contributed by atoms with van der Waals surface area (Å²) in [5, 5.41) is 1.33. The van der Waals surface area contributed by atoms with Gasteiger partial charge in [0.1, 0.15) is 22.8 Å². The molecule has 0 saturated heterocycles. The van der Waals surface area contributed by atoms with Crippen LogP contribution in [-0.2, 0) is 16.6 Å². The molecule has 0 bridgehead atoms. The Kier molecular flexibility index (Phi) is 8.47. The van der Waals surface area contributed by atoms with E-state index < -0.39 is 15.6 Å². The van der Waals surface area contributed by atoms with Crippen LogP contribution in [0.5, 0.6) is 5.75 Å². The number of aromatic nitrogens is 1. The zero-order chi connectivity index (χ0) is 25.1. The first-order chi connectivity index (χ1) is 16.0. The number of rotatable bonds is 9. The number of sulfonamides is 1. The minimum atomic E-state index is -3.90. The standard InChI is InChI=1S/C25H31Cl2N3O3S/c1-17-10-11-18-8-7-9-21(24(18)29-17)33-16-19-20(26)12-13-22(23(19)27)34(31,32)30(25(2,3)4)15-6-5-14-28/h7-13H,5-6,14-16,28H2,1-4H3. The van der Waals surface area contributed by atoms with Gasteiger partial charge in [0.25, 0.3) is 0 Å². The van der Waals surface area contributed by atoms with E-state index in [1.54, 1.807) is 6.07 Å². The number of benzene rings is 2. The van der Waals surface area contributed by atoms with Crippen LogP contribution in [0.3, 0.4) is 0 Å². The zero-order valence-electron chi connectivity index (χ0n) is 19.9. The summed E-state index contributed by atoms with van der Waals surface area (Å²) in [4.78, 5) is 4.58. The maximum Gasteiger partial charge on any atom is 0.245 e. The SMILES string of the molecule is Cc1ccc2cccc(OCc3c(Cl)ccc(S(=O)(=O)N(CCCCN)C(C)(C)C)c3Cl)c2n1. The molecule has 0 saturated carbocycles. The van der Waals surface area contributed by atoms with Crippen molar-refractivity contribution in [2.75, 3.05) is 13.1 Å². The monoisotopic (exact) mass is 523 g/mol. The van der Waals surface area contributed by atoms with Gasteiger partial charge >= 0.3 is 0 Å². The second-order valence-corrected chi connectivity index (χ2v) is 11.8. The molecule has 0 fully saturated rings. The molecule has 1 aromatic heterocycles. The summed E-state index contributed by atoms with van der Waals surface area (Å²) >= 11 is 13.1. The van der Waals surface area contributed by atoms with Crippen molar-refractivity contribution in [3.63, 3.8) is 0 Å². The van der Waals surface area contributed by atoms with Crippen molar-refractivity contribution in [1.29, 1.82) is 0 Å². The summed E-state index contributed by atoms with van der Waals surface area (Å²) in [6, 6.07) is 12.6. The van der Waals surface area contributed by atoms with Crippen LogP contribution < -0.4 is 10.5 Å². The van der Waals surface area contributed by atoms with Crippen molar-refractivity contribution in [2.45, 2.75) is 57.6 Å². The fourth-order valence-corrected chi connectivity index (χ4v) is 6.42. The second-order valence-electron chi connectivity index (χ2n) is 9.15. The van der Waals surface area contributed by atoms with Gasteiger partial charge in [0, 0.05) is 33.7 Å². The van der Waals surface area contributed by atoms with Gasteiger partial charge in [-0.3, -0.25) is 0 Å². The lowest BCUT2D eigenvalue weighted by Gasteiger charge is -2.35. The molecule has 1 heterocycles. The summed E-state index contributed by atoms with van der Waals surface area (Å²) < 4.78 is 34.8. The molecule has 2 N–H and O–H groups in total. The Labute approximate surface area is 212 Å². The molecule has 0 amide bonds. The van der Waals surface area contributed by atoms with Crippen LogP contribution in [0.1, 0.15) is 44.9 Å². The first-order valence-electron chi connectivity index (χ1n) is 11.2. The largest absolute Gasteiger partial charge is 0.487 e. The number of nitrogens with two attached hydrogens (primary N) is 1. The molecule has 2 aromatic carbocycles. The maximum atomic E-state index is 13.7. The Hall–Kier alpha value is -1.90. The Morgan fingerprint density at radius 3 is 2.47 bits per heavy atom. The predicted octanol–water partition coefficient (Wildman–Crippen LogP) is 5.96. The van der Waals surface area contributed by atoms with Crippen LogP contribution >= 0.6 is 23.2 Å². The van der Waals surface area contributed by atoms with Crippen molar-refractivity contribution in [3.8, 4) is 5.75 Å². The lowest BCUT2D eigenvalue weighted by molar-refractivity contribution is 0.246. The number of aryl methyl sites for hydroxylation is 1. The van der Waals surface area contributed by atoms with E-state index in [4.69, 9.17) is 33.7 Å². The van der Waals surface area contributed by atoms with Gasteiger partial charge < -0.3 is 10.5 Å². The molecular weight excluding hydrogens is 493 g/mol. The highest BCUT2D eigenvalue weighted by Crippen LogP contribution is 2.36. The van der Waals surface area contributed by atoms with E-state index in [9.17, 15) is 8.42 Å². The lowest BCUT2D eigenvalue weighted by Crippen LogP contribution is -2.46. The highest BCUT2D eigenvalue weighted by molar-refractivity contribution is 7.89. The van der Waals surface area contributed by atoms with Gasteiger partial charge in [0.2, 0.25) is 10.0 Å². The number of hydrogen-bond donors (Lipinski definition) is 1. The predicted molar refractivity (Wildman–Crippen MR) is 139 cm³/mol. The average molecular weight is 525 g/mol. The Morgan fingerprint density at radius 2 is 1.79 bits per heavy atom. The van der Waals surface area contributed by atoms with E-state index >= 15 is 0 Å². The molecule has 9 heteroatoms. The number of para-hydroxylation sites is 1. The van der Waals surface area contributed by atoms with Gasteiger partial charge in [0.15, 0.2) is 0 Å². The van der Waals surface area contributed by atoms with Gasteiger partial charge in [-0.05, 0) is 71.3 Å². The molecule has 0 radical (unpaired) electrons. The summed E-state index contributed by atoms with van der Waals surface area (Å²) in [5.74, 6) is 0.569. The summed E-state index contributed by atoms with van der Waals surface area (Å²) in [7, 11) is -3.90. The number of pyridine rings is 1. The maximum absolute atomic E-state index is 13.7. The molecule has 0 spiro atoms. The Morgan fingerprint density at radius 1 is 1.06 bits per heavy atom. The summed E-state index contributed by atoms with van der Waals surface area (Å²) in [6.45, 7) is 8.33. The number of hydrogen-bond acceptors (Lipinski definition) is 5. The molecule has 0 aliphatic carbocycles. The minimum absolute atomic E-state index is 0.00153. The van der Waals surface area contributed by atoms with Gasteiger partial charge in [-0.2, -0.15) is 4.31 Å². The topological polar surface area (TPSA) is 85.5 Å². The van der Waals surface area contributed by atoms with Crippen molar-refractivity contribution in [2.24, 2.45) is 5.73 Å². The van der Waals surface area contributed by atoms with Gasteiger partial charge in [-0.25, -0.2) is 13.4 Å². The first-order valence-corrected chi connectivity index (χ1v) is 13.4. The van der Waals surface area contributed by atoms with Crippen molar-refractivity contribution < 1.29 is 13.2 Å². The van der Waals surface area contributed by atoms with E-state index in [1.807, 2.05) is 58.0 Å². The number of fused-ring (bicyclic) bond motifs is 1. The highest BCUT2D eigenvalue weighted by atomic mass is 35.5. The van der Waals surface area contributed by atoms with E-state index in [-0.39, 0.29) is 16.5 Å². The Balaban J connectivity index is 1.97. The van der Waals surface area contributed by atoms with Crippen LogP contribution in [0.2, 0.25) is 10.0 Å². The smallest absolute Gasteiger partial charge is 0.245 e. The number of ether oxygens (including phenoxy) is 1. The van der Waals surface area contributed by atoms with Crippen LogP contribution in [0.15, 0.2) is 47.4 Å². The van der Waals surface area contributed by atoms with Crippen molar-refractivity contribution in [3.05, 3.63) is 63.8 Å². The van der Waals surface area contributed by atoms with E-state index in [1.165, 1.54) is 10.4 Å². The molecule has 3 rings (SSSR count). The first kappa shape index (κ1) is 26.7. The lowest BCUT2D eigenvalue weighted by atomic mass is 10.1. The van der Waals surface area contributed by atoms with Gasteiger partial charge in [-0.1, -0.05) is 41.4 Å². The number of halogens is 2. The fourth-order valence-electron chi connectivity index (χ4n) is 3.73. The quantitative estimate of drug-likeness (QED) is 0.349. The molecule has 34 heavy (non-hydrogen) atoms. The summed E-state index contributed by atoms with van der Waals surface area (Å²) in [6.07, 6.45) is 1.38. The number of nitrogens with zero attached hydrogens (tertiary/aromatic N) is 2. The highest BCUT2D eigenvalue weighted by Gasteiger charge is 2.35. The third-order valence-electron chi connectivity index (χ3n) is 5.48.